The van der Waals surface area contributed by atoms with E-state index in [1.54, 1.807) is 4.90 Å². The fourth-order valence-corrected chi connectivity index (χ4v) is 3.38. The van der Waals surface area contributed by atoms with Gasteiger partial charge in [-0.3, -0.25) is 9.59 Å². The second-order valence-electron chi connectivity index (χ2n) is 7.10. The highest BCUT2D eigenvalue weighted by molar-refractivity contribution is 5.96. The summed E-state index contributed by atoms with van der Waals surface area (Å²) >= 11 is 0. The molecule has 2 aliphatic rings. The van der Waals surface area contributed by atoms with Crippen LogP contribution in [0.5, 0.6) is 0 Å². The fourth-order valence-electron chi connectivity index (χ4n) is 3.38. The number of rotatable bonds is 6. The average molecular weight is 406 g/mol. The van der Waals surface area contributed by atoms with E-state index in [4.69, 9.17) is 6.42 Å². The normalized spacial score (nSPS) is 17.7. The van der Waals surface area contributed by atoms with Crippen molar-refractivity contribution in [2.75, 3.05) is 26.2 Å². The molecule has 1 fully saturated rings. The molecule has 0 saturated carbocycles. The summed E-state index contributed by atoms with van der Waals surface area (Å²) < 4.78 is 39.5. The molecular formula is C20H21F3N4O2. The molecule has 29 heavy (non-hydrogen) atoms. The zero-order chi connectivity index (χ0) is 21.1. The van der Waals surface area contributed by atoms with Gasteiger partial charge in [-0.25, -0.2) is 0 Å². The maximum absolute atomic E-state index is 13.2. The maximum atomic E-state index is 13.2. The van der Waals surface area contributed by atoms with Crippen LogP contribution in [0.15, 0.2) is 34.5 Å². The third kappa shape index (κ3) is 4.94. The van der Waals surface area contributed by atoms with E-state index in [0.29, 0.717) is 19.3 Å². The van der Waals surface area contributed by atoms with E-state index >= 15 is 0 Å². The van der Waals surface area contributed by atoms with Gasteiger partial charge < -0.3 is 9.80 Å². The van der Waals surface area contributed by atoms with Crippen molar-refractivity contribution in [1.82, 2.24) is 9.80 Å². The number of hydrogen-bond acceptors (Lipinski definition) is 4. The Morgan fingerprint density at radius 2 is 1.69 bits per heavy atom. The number of amides is 2. The van der Waals surface area contributed by atoms with Gasteiger partial charge in [0.2, 0.25) is 5.91 Å². The zero-order valence-corrected chi connectivity index (χ0v) is 15.8. The summed E-state index contributed by atoms with van der Waals surface area (Å²) in [7, 11) is 0. The molecule has 0 atom stereocenters. The molecule has 1 aromatic carbocycles. The number of terminal acetylenes is 1. The van der Waals surface area contributed by atoms with E-state index in [2.05, 4.69) is 16.1 Å². The van der Waals surface area contributed by atoms with Crippen molar-refractivity contribution < 1.29 is 22.8 Å². The predicted octanol–water partition coefficient (Wildman–Crippen LogP) is 3.35. The van der Waals surface area contributed by atoms with Gasteiger partial charge in [0.05, 0.1) is 11.1 Å². The van der Waals surface area contributed by atoms with Gasteiger partial charge in [-0.2, -0.15) is 23.4 Å². The Balaban J connectivity index is 1.53. The number of piperazine rings is 1. The molecule has 3 rings (SSSR count). The molecule has 1 saturated heterocycles. The first-order valence-corrected chi connectivity index (χ1v) is 9.36. The Bertz CT molecular complexity index is 846. The molecule has 1 aromatic rings. The number of nitrogens with zero attached hydrogens (tertiary/aromatic N) is 4. The van der Waals surface area contributed by atoms with Gasteiger partial charge in [0.15, 0.2) is 5.66 Å². The van der Waals surface area contributed by atoms with Crippen LogP contribution in [0, 0.1) is 12.3 Å². The molecule has 9 heteroatoms. The largest absolute Gasteiger partial charge is 0.417 e. The zero-order valence-electron chi connectivity index (χ0n) is 15.8. The van der Waals surface area contributed by atoms with Crippen molar-refractivity contribution in [3.8, 4) is 12.3 Å². The first kappa shape index (κ1) is 20.8. The van der Waals surface area contributed by atoms with Crippen LogP contribution in [0.1, 0.15) is 41.6 Å². The molecule has 0 bridgehead atoms. The Hall–Kier alpha value is -2.89. The number of carbonyl (C=O) groups excluding carboxylic acids is 2. The second kappa shape index (κ2) is 8.23. The molecule has 0 spiro atoms. The number of carbonyl (C=O) groups is 2. The van der Waals surface area contributed by atoms with Crippen LogP contribution < -0.4 is 0 Å². The van der Waals surface area contributed by atoms with Crippen LogP contribution in [-0.2, 0) is 11.0 Å². The van der Waals surface area contributed by atoms with Crippen molar-refractivity contribution in [2.45, 2.75) is 37.5 Å². The van der Waals surface area contributed by atoms with Crippen LogP contribution in [0.2, 0.25) is 0 Å². The van der Waals surface area contributed by atoms with Crippen LogP contribution in [0.25, 0.3) is 0 Å². The van der Waals surface area contributed by atoms with E-state index < -0.39 is 23.3 Å². The molecule has 0 N–H and O–H groups in total. The van der Waals surface area contributed by atoms with Gasteiger partial charge in [0.1, 0.15) is 0 Å². The van der Waals surface area contributed by atoms with Crippen molar-refractivity contribution in [2.24, 2.45) is 10.2 Å². The highest BCUT2D eigenvalue weighted by Crippen LogP contribution is 2.37. The topological polar surface area (TPSA) is 65.3 Å². The molecule has 2 amide bonds. The van der Waals surface area contributed by atoms with Crippen molar-refractivity contribution in [3.05, 3.63) is 35.4 Å². The molecular weight excluding hydrogens is 385 g/mol. The minimum absolute atomic E-state index is 0.0785. The third-order valence-corrected chi connectivity index (χ3v) is 5.17. The van der Waals surface area contributed by atoms with Gasteiger partial charge in [0.25, 0.3) is 5.91 Å². The smallest absolute Gasteiger partial charge is 0.339 e. The second-order valence-corrected chi connectivity index (χ2v) is 7.10. The molecule has 0 unspecified atom stereocenters. The van der Waals surface area contributed by atoms with E-state index in [0.717, 1.165) is 6.07 Å². The third-order valence-electron chi connectivity index (χ3n) is 5.17. The lowest BCUT2D eigenvalue weighted by Gasteiger charge is -2.35. The van der Waals surface area contributed by atoms with Crippen LogP contribution >= 0.6 is 0 Å². The van der Waals surface area contributed by atoms with Gasteiger partial charge in [-0.15, -0.1) is 12.3 Å². The van der Waals surface area contributed by atoms with Crippen molar-refractivity contribution in [3.63, 3.8) is 0 Å². The minimum Gasteiger partial charge on any atom is -0.339 e. The predicted molar refractivity (Wildman–Crippen MR) is 98.8 cm³/mol. The molecule has 2 aliphatic heterocycles. The number of hydrogen-bond donors (Lipinski definition) is 0. The summed E-state index contributed by atoms with van der Waals surface area (Å²) in [6.07, 6.45) is 2.57. The summed E-state index contributed by atoms with van der Waals surface area (Å²) in [4.78, 5) is 28.0. The molecule has 154 valence electrons. The summed E-state index contributed by atoms with van der Waals surface area (Å²) in [6.45, 7) is 0.941. The lowest BCUT2D eigenvalue weighted by molar-refractivity contribution is -0.138. The standard InChI is InChI=1S/C20H21F3N4O2/c1-2-3-9-19(24-25-19)10-8-17(28)26-11-13-27(14-12-26)18(29)15-6-4-5-7-16(15)20(21,22)23/h1,4-7H,3,8-14H2. The highest BCUT2D eigenvalue weighted by Gasteiger charge is 2.40. The SMILES string of the molecule is C#CCCC1(CCC(=O)N2CCN(C(=O)c3ccccc3C(F)(F)F)CC2)N=N1. The lowest BCUT2D eigenvalue weighted by Crippen LogP contribution is -2.51. The first-order chi connectivity index (χ1) is 13.8. The van der Waals surface area contributed by atoms with Crippen LogP contribution in [-0.4, -0.2) is 53.5 Å². The fraction of sp³-hybridized carbons (Fsp3) is 0.500. The van der Waals surface area contributed by atoms with Crippen molar-refractivity contribution >= 4 is 11.8 Å². The highest BCUT2D eigenvalue weighted by atomic mass is 19.4. The number of alkyl halides is 3. The summed E-state index contributed by atoms with van der Waals surface area (Å²) in [5.74, 6) is 1.78. The van der Waals surface area contributed by atoms with E-state index in [9.17, 15) is 22.8 Å². The Labute approximate surface area is 166 Å². The molecule has 0 radical (unpaired) electrons. The Kier molecular flexibility index (Phi) is 5.91. The molecule has 2 heterocycles. The van der Waals surface area contributed by atoms with Crippen LogP contribution in [0.3, 0.4) is 0 Å². The quantitative estimate of drug-likeness (QED) is 0.680. The maximum Gasteiger partial charge on any atom is 0.417 e. The number of benzene rings is 1. The van der Waals surface area contributed by atoms with Crippen LogP contribution in [0.4, 0.5) is 13.2 Å². The van der Waals surface area contributed by atoms with Gasteiger partial charge in [-0.1, -0.05) is 12.1 Å². The summed E-state index contributed by atoms with van der Waals surface area (Å²) in [5.41, 5.74) is -1.84. The molecule has 0 aliphatic carbocycles. The summed E-state index contributed by atoms with van der Waals surface area (Å²) in [5, 5.41) is 8.00. The lowest BCUT2D eigenvalue weighted by atomic mass is 10.0. The first-order valence-electron chi connectivity index (χ1n) is 9.36. The van der Waals surface area contributed by atoms with Gasteiger partial charge in [0, 0.05) is 51.9 Å². The molecule has 0 aromatic heterocycles. The minimum atomic E-state index is -4.60. The summed E-state index contributed by atoms with van der Waals surface area (Å²) in [6, 6.07) is 4.75. The molecule has 6 nitrogen and oxygen atoms in total. The van der Waals surface area contributed by atoms with E-state index in [-0.39, 0.29) is 44.1 Å². The Morgan fingerprint density at radius 1 is 1.07 bits per heavy atom. The monoisotopic (exact) mass is 406 g/mol. The van der Waals surface area contributed by atoms with E-state index in [1.165, 1.54) is 23.1 Å². The Morgan fingerprint density at radius 3 is 2.28 bits per heavy atom. The van der Waals surface area contributed by atoms with Crippen molar-refractivity contribution in [1.29, 1.82) is 0 Å². The van der Waals surface area contributed by atoms with Gasteiger partial charge in [-0.05, 0) is 12.1 Å². The van der Waals surface area contributed by atoms with E-state index in [1.807, 2.05) is 0 Å². The average Bonchev–Trinajstić information content (AvgIpc) is 3.49. The number of halogens is 3. The van der Waals surface area contributed by atoms with Gasteiger partial charge >= 0.3 is 6.18 Å².